The second-order valence-electron chi connectivity index (χ2n) is 5.80. The Morgan fingerprint density at radius 1 is 1.29 bits per heavy atom. The standard InChI is InChI=1S/C16H20N4O/c1-10-7-13-15(19(2)3)17-9-18-16(13)20(4)14-6-5-11(21)8-12(10)14/h5-6,8-10,21H,7H2,1-4H3/t10-/m1/s1. The summed E-state index contributed by atoms with van der Waals surface area (Å²) >= 11 is 0. The van der Waals surface area contributed by atoms with Crippen LogP contribution in [0.15, 0.2) is 24.5 Å². The Kier molecular flexibility index (Phi) is 3.20. The minimum Gasteiger partial charge on any atom is -0.508 e. The van der Waals surface area contributed by atoms with Crippen molar-refractivity contribution in [2.75, 3.05) is 30.9 Å². The molecular formula is C16H20N4O. The first-order chi connectivity index (χ1) is 9.99. The van der Waals surface area contributed by atoms with E-state index in [0.717, 1.165) is 34.9 Å². The maximum Gasteiger partial charge on any atom is 0.141 e. The number of hydrogen-bond acceptors (Lipinski definition) is 5. The highest BCUT2D eigenvalue weighted by Crippen LogP contribution is 2.42. The van der Waals surface area contributed by atoms with Crippen LogP contribution in [0.2, 0.25) is 0 Å². The van der Waals surface area contributed by atoms with Gasteiger partial charge in [-0.1, -0.05) is 6.92 Å². The molecule has 21 heavy (non-hydrogen) atoms. The average molecular weight is 284 g/mol. The molecule has 0 unspecified atom stereocenters. The summed E-state index contributed by atoms with van der Waals surface area (Å²) in [6.45, 7) is 2.17. The van der Waals surface area contributed by atoms with E-state index in [9.17, 15) is 5.11 Å². The summed E-state index contributed by atoms with van der Waals surface area (Å²) < 4.78 is 0. The highest BCUT2D eigenvalue weighted by molar-refractivity contribution is 5.72. The van der Waals surface area contributed by atoms with Gasteiger partial charge in [0.25, 0.3) is 0 Å². The molecule has 2 aromatic rings. The number of rotatable bonds is 1. The number of fused-ring (bicyclic) bond motifs is 2. The first kappa shape index (κ1) is 13.7. The van der Waals surface area contributed by atoms with Gasteiger partial charge < -0.3 is 14.9 Å². The lowest BCUT2D eigenvalue weighted by Crippen LogP contribution is -2.18. The summed E-state index contributed by atoms with van der Waals surface area (Å²) in [7, 11) is 6.01. The van der Waals surface area contributed by atoms with Gasteiger partial charge >= 0.3 is 0 Å². The zero-order valence-corrected chi connectivity index (χ0v) is 12.8. The minimum absolute atomic E-state index is 0.292. The molecule has 0 fully saturated rings. The van der Waals surface area contributed by atoms with E-state index in [1.807, 2.05) is 38.2 Å². The maximum absolute atomic E-state index is 9.79. The van der Waals surface area contributed by atoms with Crippen LogP contribution in [0.5, 0.6) is 5.75 Å². The highest BCUT2D eigenvalue weighted by Gasteiger charge is 2.26. The molecule has 0 amide bonds. The summed E-state index contributed by atoms with van der Waals surface area (Å²) in [5.74, 6) is 2.49. The predicted molar refractivity (Wildman–Crippen MR) is 84.6 cm³/mol. The normalized spacial score (nSPS) is 17.0. The molecule has 1 aliphatic rings. The van der Waals surface area contributed by atoms with E-state index >= 15 is 0 Å². The number of phenolic OH excluding ortho intramolecular Hbond substituents is 1. The molecule has 5 heteroatoms. The Morgan fingerprint density at radius 3 is 2.76 bits per heavy atom. The SMILES string of the molecule is C[C@@H]1Cc2c(N(C)C)ncnc2N(C)c2ccc(O)cc21. The number of phenols is 1. The predicted octanol–water partition coefficient (Wildman–Crippen LogP) is 2.68. The van der Waals surface area contributed by atoms with Gasteiger partial charge in [0, 0.05) is 32.4 Å². The lowest BCUT2D eigenvalue weighted by Gasteiger charge is -2.23. The van der Waals surface area contributed by atoms with Crippen molar-refractivity contribution < 1.29 is 5.11 Å². The van der Waals surface area contributed by atoms with Crippen LogP contribution >= 0.6 is 0 Å². The zero-order valence-electron chi connectivity index (χ0n) is 12.8. The monoisotopic (exact) mass is 284 g/mol. The van der Waals surface area contributed by atoms with Crippen LogP contribution in [-0.4, -0.2) is 36.2 Å². The quantitative estimate of drug-likeness (QED) is 0.872. The van der Waals surface area contributed by atoms with Crippen molar-refractivity contribution in [3.63, 3.8) is 0 Å². The van der Waals surface area contributed by atoms with Gasteiger partial charge in [-0.15, -0.1) is 0 Å². The van der Waals surface area contributed by atoms with Crippen LogP contribution in [0.4, 0.5) is 17.3 Å². The number of hydrogen-bond donors (Lipinski definition) is 1. The first-order valence-electron chi connectivity index (χ1n) is 7.07. The molecule has 110 valence electrons. The maximum atomic E-state index is 9.79. The van der Waals surface area contributed by atoms with Crippen LogP contribution in [-0.2, 0) is 6.42 Å². The van der Waals surface area contributed by atoms with Gasteiger partial charge in [0.05, 0.1) is 0 Å². The molecule has 1 N–H and O–H groups in total. The van der Waals surface area contributed by atoms with Crippen molar-refractivity contribution in [1.29, 1.82) is 0 Å². The van der Waals surface area contributed by atoms with Crippen molar-refractivity contribution in [1.82, 2.24) is 9.97 Å². The Balaban J connectivity index is 2.22. The number of aromatic nitrogens is 2. The third-order valence-electron chi connectivity index (χ3n) is 4.05. The van der Waals surface area contributed by atoms with E-state index in [2.05, 4.69) is 21.8 Å². The van der Waals surface area contributed by atoms with E-state index in [0.29, 0.717) is 11.7 Å². The Bertz CT molecular complexity index is 684. The summed E-state index contributed by atoms with van der Waals surface area (Å²) in [5, 5.41) is 9.79. The molecule has 3 rings (SSSR count). The molecule has 0 spiro atoms. The van der Waals surface area contributed by atoms with E-state index in [1.54, 1.807) is 12.4 Å². The molecular weight excluding hydrogens is 264 g/mol. The van der Waals surface area contributed by atoms with Crippen LogP contribution in [0.1, 0.15) is 24.0 Å². The number of aromatic hydroxyl groups is 1. The van der Waals surface area contributed by atoms with Crippen molar-refractivity contribution in [2.24, 2.45) is 0 Å². The largest absolute Gasteiger partial charge is 0.508 e. The number of benzene rings is 1. The average Bonchev–Trinajstić information content (AvgIpc) is 2.55. The van der Waals surface area contributed by atoms with E-state index < -0.39 is 0 Å². The summed E-state index contributed by atoms with van der Waals surface area (Å²) in [5.41, 5.74) is 3.37. The molecule has 1 aromatic carbocycles. The van der Waals surface area contributed by atoms with Crippen LogP contribution in [0.3, 0.4) is 0 Å². The molecule has 0 aliphatic carbocycles. The van der Waals surface area contributed by atoms with Crippen molar-refractivity contribution in [2.45, 2.75) is 19.3 Å². The fourth-order valence-corrected chi connectivity index (χ4v) is 3.02. The summed E-state index contributed by atoms with van der Waals surface area (Å²) in [6, 6.07) is 5.53. The molecule has 0 radical (unpaired) electrons. The van der Waals surface area contributed by atoms with Gasteiger partial charge in [-0.25, -0.2) is 9.97 Å². The Hall–Kier alpha value is -2.30. The summed E-state index contributed by atoms with van der Waals surface area (Å²) in [6.07, 6.45) is 2.46. The molecule has 1 atom stereocenters. The second kappa shape index (κ2) is 4.91. The van der Waals surface area contributed by atoms with Crippen LogP contribution < -0.4 is 9.80 Å². The van der Waals surface area contributed by atoms with Gasteiger partial charge in [0.1, 0.15) is 23.7 Å². The summed E-state index contributed by atoms with van der Waals surface area (Å²) in [4.78, 5) is 13.0. The third-order valence-corrected chi connectivity index (χ3v) is 4.05. The number of nitrogens with zero attached hydrogens (tertiary/aromatic N) is 4. The molecule has 5 nitrogen and oxygen atoms in total. The van der Waals surface area contributed by atoms with Gasteiger partial charge in [-0.2, -0.15) is 0 Å². The molecule has 0 bridgehead atoms. The molecule has 0 saturated carbocycles. The van der Waals surface area contributed by atoms with Crippen LogP contribution in [0.25, 0.3) is 0 Å². The number of anilines is 3. The van der Waals surface area contributed by atoms with Crippen LogP contribution in [0, 0.1) is 0 Å². The Morgan fingerprint density at radius 2 is 2.05 bits per heavy atom. The van der Waals surface area contributed by atoms with Gasteiger partial charge in [-0.05, 0) is 36.1 Å². The van der Waals surface area contributed by atoms with Gasteiger partial charge in [-0.3, -0.25) is 0 Å². The topological polar surface area (TPSA) is 52.5 Å². The van der Waals surface area contributed by atoms with Gasteiger partial charge in [0.2, 0.25) is 0 Å². The highest BCUT2D eigenvalue weighted by atomic mass is 16.3. The molecule has 0 saturated heterocycles. The van der Waals surface area contributed by atoms with E-state index in [4.69, 9.17) is 0 Å². The smallest absolute Gasteiger partial charge is 0.141 e. The minimum atomic E-state index is 0.292. The lowest BCUT2D eigenvalue weighted by atomic mass is 9.94. The van der Waals surface area contributed by atoms with Gasteiger partial charge in [0.15, 0.2) is 0 Å². The van der Waals surface area contributed by atoms with Crippen molar-refractivity contribution in [3.8, 4) is 5.75 Å². The van der Waals surface area contributed by atoms with E-state index in [1.165, 1.54) is 0 Å². The molecule has 2 heterocycles. The fourth-order valence-electron chi connectivity index (χ4n) is 3.02. The zero-order chi connectivity index (χ0) is 15.1. The van der Waals surface area contributed by atoms with E-state index in [-0.39, 0.29) is 0 Å². The third kappa shape index (κ3) is 2.18. The lowest BCUT2D eigenvalue weighted by molar-refractivity contribution is 0.474. The Labute approximate surface area is 124 Å². The second-order valence-corrected chi connectivity index (χ2v) is 5.80. The van der Waals surface area contributed by atoms with Crippen molar-refractivity contribution in [3.05, 3.63) is 35.7 Å². The molecule has 1 aromatic heterocycles. The first-order valence-corrected chi connectivity index (χ1v) is 7.07. The molecule has 1 aliphatic heterocycles. The van der Waals surface area contributed by atoms with Crippen molar-refractivity contribution >= 4 is 17.3 Å². The fraction of sp³-hybridized carbons (Fsp3) is 0.375.